The van der Waals surface area contributed by atoms with Crippen LogP contribution in [-0.2, 0) is 4.79 Å². The predicted molar refractivity (Wildman–Crippen MR) is 56.6 cm³/mol. The molecule has 13 heavy (non-hydrogen) atoms. The van der Waals surface area contributed by atoms with Crippen LogP contribution in [-0.4, -0.2) is 12.5 Å². The van der Waals surface area contributed by atoms with Gasteiger partial charge in [-0.15, -0.1) is 0 Å². The van der Waals surface area contributed by atoms with Crippen molar-refractivity contribution < 1.29 is 4.79 Å². The molecule has 0 radical (unpaired) electrons. The van der Waals surface area contributed by atoms with Gasteiger partial charge in [-0.05, 0) is 18.3 Å². The van der Waals surface area contributed by atoms with Crippen molar-refractivity contribution in [3.8, 4) is 0 Å². The number of hydrogen-bond acceptors (Lipinski definition) is 1. The Balaban J connectivity index is 3.13. The van der Waals surface area contributed by atoms with Crippen molar-refractivity contribution >= 4 is 5.91 Å². The molecule has 2 nitrogen and oxygen atoms in total. The van der Waals surface area contributed by atoms with Crippen molar-refractivity contribution in [1.82, 2.24) is 5.32 Å². The Morgan fingerprint density at radius 2 is 1.77 bits per heavy atom. The molecule has 0 aromatic heterocycles. The lowest BCUT2D eigenvalue weighted by molar-refractivity contribution is -0.118. The summed E-state index contributed by atoms with van der Waals surface area (Å²) in [6, 6.07) is 0. The van der Waals surface area contributed by atoms with Crippen LogP contribution in [0.2, 0.25) is 0 Å². The van der Waals surface area contributed by atoms with E-state index in [0.717, 1.165) is 13.0 Å². The van der Waals surface area contributed by atoms with E-state index in [1.807, 2.05) is 0 Å². The number of nitrogens with one attached hydrogen (secondary N) is 1. The predicted octanol–water partition coefficient (Wildman–Crippen LogP) is 2.73. The van der Waals surface area contributed by atoms with Gasteiger partial charge < -0.3 is 5.32 Å². The zero-order valence-corrected chi connectivity index (χ0v) is 9.44. The standard InChI is InChI=1S/C11H23NO/c1-10(13)12-9-7-5-6-8-11(2,3)4/h5-9H2,1-4H3,(H,12,13). The maximum atomic E-state index is 10.5. The Morgan fingerprint density at radius 1 is 1.15 bits per heavy atom. The van der Waals surface area contributed by atoms with Crippen molar-refractivity contribution in [3.05, 3.63) is 0 Å². The summed E-state index contributed by atoms with van der Waals surface area (Å²) < 4.78 is 0. The molecule has 0 aliphatic rings. The van der Waals surface area contributed by atoms with E-state index < -0.39 is 0 Å². The molecule has 0 aromatic rings. The minimum absolute atomic E-state index is 0.0795. The molecule has 0 fully saturated rings. The van der Waals surface area contributed by atoms with E-state index >= 15 is 0 Å². The van der Waals surface area contributed by atoms with Gasteiger partial charge >= 0.3 is 0 Å². The van der Waals surface area contributed by atoms with E-state index in [-0.39, 0.29) is 5.91 Å². The largest absolute Gasteiger partial charge is 0.356 e. The zero-order chi connectivity index (χ0) is 10.3. The van der Waals surface area contributed by atoms with Gasteiger partial charge in [0.15, 0.2) is 0 Å². The zero-order valence-electron chi connectivity index (χ0n) is 9.44. The third kappa shape index (κ3) is 11.5. The molecule has 0 atom stereocenters. The van der Waals surface area contributed by atoms with E-state index in [1.54, 1.807) is 6.92 Å². The smallest absolute Gasteiger partial charge is 0.216 e. The number of amides is 1. The van der Waals surface area contributed by atoms with Crippen molar-refractivity contribution in [2.45, 2.75) is 53.4 Å². The highest BCUT2D eigenvalue weighted by molar-refractivity contribution is 5.72. The maximum Gasteiger partial charge on any atom is 0.216 e. The molecule has 78 valence electrons. The third-order valence-electron chi connectivity index (χ3n) is 1.98. The summed E-state index contributed by atoms with van der Waals surface area (Å²) in [6.07, 6.45) is 4.86. The van der Waals surface area contributed by atoms with Gasteiger partial charge in [-0.1, -0.05) is 33.6 Å². The van der Waals surface area contributed by atoms with Crippen LogP contribution >= 0.6 is 0 Å². The van der Waals surface area contributed by atoms with Crippen LogP contribution in [0, 0.1) is 5.41 Å². The van der Waals surface area contributed by atoms with Crippen LogP contribution < -0.4 is 5.32 Å². The lowest BCUT2D eigenvalue weighted by atomic mass is 9.89. The molecule has 0 aliphatic heterocycles. The lowest BCUT2D eigenvalue weighted by Crippen LogP contribution is -2.20. The first-order valence-corrected chi connectivity index (χ1v) is 5.16. The van der Waals surface area contributed by atoms with Crippen molar-refractivity contribution in [2.24, 2.45) is 5.41 Å². The first kappa shape index (κ1) is 12.5. The number of hydrogen-bond donors (Lipinski definition) is 1. The third-order valence-corrected chi connectivity index (χ3v) is 1.98. The van der Waals surface area contributed by atoms with E-state index in [9.17, 15) is 4.79 Å². The molecular weight excluding hydrogens is 162 g/mol. The molecule has 0 saturated carbocycles. The SMILES string of the molecule is CC(=O)NCCCCCC(C)(C)C. The quantitative estimate of drug-likeness (QED) is 0.656. The van der Waals surface area contributed by atoms with Crippen molar-refractivity contribution in [2.75, 3.05) is 6.54 Å². The van der Waals surface area contributed by atoms with Gasteiger partial charge in [0.05, 0.1) is 0 Å². The molecule has 0 saturated heterocycles. The maximum absolute atomic E-state index is 10.5. The van der Waals surface area contributed by atoms with Crippen LogP contribution in [0.5, 0.6) is 0 Å². The minimum atomic E-state index is 0.0795. The van der Waals surface area contributed by atoms with Gasteiger partial charge in [-0.3, -0.25) is 4.79 Å². The molecule has 0 rings (SSSR count). The normalized spacial score (nSPS) is 11.4. The molecule has 2 heteroatoms. The second-order valence-corrected chi connectivity index (χ2v) is 4.85. The van der Waals surface area contributed by atoms with Crippen LogP contribution in [0.1, 0.15) is 53.4 Å². The second kappa shape index (κ2) is 6.01. The first-order valence-electron chi connectivity index (χ1n) is 5.16. The summed E-state index contributed by atoms with van der Waals surface area (Å²) in [4.78, 5) is 10.5. The Morgan fingerprint density at radius 3 is 2.23 bits per heavy atom. The fraction of sp³-hybridized carbons (Fsp3) is 0.909. The van der Waals surface area contributed by atoms with Crippen LogP contribution in [0.15, 0.2) is 0 Å². The molecule has 0 aromatic carbocycles. The Hall–Kier alpha value is -0.530. The number of carbonyl (C=O) groups excluding carboxylic acids is 1. The molecule has 0 aliphatic carbocycles. The summed E-state index contributed by atoms with van der Waals surface area (Å²) in [7, 11) is 0. The van der Waals surface area contributed by atoms with E-state index in [0.29, 0.717) is 5.41 Å². The molecule has 1 amide bonds. The van der Waals surface area contributed by atoms with Gasteiger partial charge in [0.1, 0.15) is 0 Å². The first-order chi connectivity index (χ1) is 5.92. The Labute approximate surface area is 82.1 Å². The van der Waals surface area contributed by atoms with Crippen molar-refractivity contribution in [1.29, 1.82) is 0 Å². The fourth-order valence-electron chi connectivity index (χ4n) is 1.22. The number of unbranched alkanes of at least 4 members (excludes halogenated alkanes) is 2. The number of rotatable bonds is 5. The summed E-state index contributed by atoms with van der Waals surface area (Å²) in [5.74, 6) is 0.0795. The van der Waals surface area contributed by atoms with Gasteiger partial charge in [0.2, 0.25) is 5.91 Å². The minimum Gasteiger partial charge on any atom is -0.356 e. The highest BCUT2D eigenvalue weighted by atomic mass is 16.1. The van der Waals surface area contributed by atoms with E-state index in [4.69, 9.17) is 0 Å². The highest BCUT2D eigenvalue weighted by Crippen LogP contribution is 2.21. The topological polar surface area (TPSA) is 29.1 Å². The average Bonchev–Trinajstić information content (AvgIpc) is 1.93. The molecule has 0 heterocycles. The summed E-state index contributed by atoms with van der Waals surface area (Å²) in [5, 5.41) is 2.80. The monoisotopic (exact) mass is 185 g/mol. The van der Waals surface area contributed by atoms with E-state index in [2.05, 4.69) is 26.1 Å². The van der Waals surface area contributed by atoms with Gasteiger partial charge in [-0.25, -0.2) is 0 Å². The molecule has 0 unspecified atom stereocenters. The van der Waals surface area contributed by atoms with Crippen LogP contribution in [0.25, 0.3) is 0 Å². The summed E-state index contributed by atoms with van der Waals surface area (Å²) in [6.45, 7) is 9.19. The van der Waals surface area contributed by atoms with Gasteiger partial charge in [0.25, 0.3) is 0 Å². The summed E-state index contributed by atoms with van der Waals surface area (Å²) >= 11 is 0. The number of carbonyl (C=O) groups is 1. The van der Waals surface area contributed by atoms with Gasteiger partial charge in [0, 0.05) is 13.5 Å². The average molecular weight is 185 g/mol. The molecule has 0 bridgehead atoms. The van der Waals surface area contributed by atoms with E-state index in [1.165, 1.54) is 19.3 Å². The van der Waals surface area contributed by atoms with Crippen LogP contribution in [0.4, 0.5) is 0 Å². The van der Waals surface area contributed by atoms with Crippen LogP contribution in [0.3, 0.4) is 0 Å². The molecular formula is C11H23NO. The Kier molecular flexibility index (Phi) is 5.76. The highest BCUT2D eigenvalue weighted by Gasteiger charge is 2.08. The molecule has 0 spiro atoms. The Bertz CT molecular complexity index is 147. The summed E-state index contributed by atoms with van der Waals surface area (Å²) in [5.41, 5.74) is 0.452. The molecule has 1 N–H and O–H groups in total. The lowest BCUT2D eigenvalue weighted by Gasteiger charge is -2.17. The van der Waals surface area contributed by atoms with Gasteiger partial charge in [-0.2, -0.15) is 0 Å². The fourth-order valence-corrected chi connectivity index (χ4v) is 1.22. The second-order valence-electron chi connectivity index (χ2n) is 4.85. The van der Waals surface area contributed by atoms with Crippen molar-refractivity contribution in [3.63, 3.8) is 0 Å².